The van der Waals surface area contributed by atoms with Gasteiger partial charge in [0.05, 0.1) is 0 Å². The van der Waals surface area contributed by atoms with Gasteiger partial charge in [-0.2, -0.15) is 0 Å². The summed E-state index contributed by atoms with van der Waals surface area (Å²) in [7, 11) is 0. The quantitative estimate of drug-likeness (QED) is 0.306. The molecule has 0 bridgehead atoms. The smallest absolute Gasteiger partial charge is 0.371 e. The fourth-order valence-corrected chi connectivity index (χ4v) is 2.71. The Kier molecular flexibility index (Phi) is 7.04. The van der Waals surface area contributed by atoms with Gasteiger partial charge in [-0.05, 0) is 42.0 Å². The molecule has 8 nitrogen and oxygen atoms in total. The lowest BCUT2D eigenvalue weighted by Gasteiger charge is -2.02. The number of hydrogen-bond donors (Lipinski definition) is 3. The van der Waals surface area contributed by atoms with E-state index in [9.17, 15) is 23.9 Å². The molecule has 9 heteroatoms. The molecule has 4 rings (SSSR count). The summed E-state index contributed by atoms with van der Waals surface area (Å²) in [6, 6.07) is 18.5. The van der Waals surface area contributed by atoms with Crippen molar-refractivity contribution >= 4 is 17.4 Å². The van der Waals surface area contributed by atoms with E-state index in [4.69, 9.17) is 19.7 Å². The molecule has 0 unspecified atom stereocenters. The molecule has 0 spiro atoms. The van der Waals surface area contributed by atoms with E-state index in [0.717, 1.165) is 11.3 Å². The minimum atomic E-state index is -1.56. The van der Waals surface area contributed by atoms with Gasteiger partial charge in [-0.3, -0.25) is 9.59 Å². The first kappa shape index (κ1) is 23.0. The number of halogens is 1. The van der Waals surface area contributed by atoms with E-state index in [-0.39, 0.29) is 18.0 Å². The van der Waals surface area contributed by atoms with Crippen molar-refractivity contribution in [1.82, 2.24) is 0 Å². The van der Waals surface area contributed by atoms with Gasteiger partial charge < -0.3 is 24.8 Å². The summed E-state index contributed by atoms with van der Waals surface area (Å²) in [5.41, 5.74) is 5.86. The van der Waals surface area contributed by atoms with E-state index < -0.39 is 34.5 Å². The first-order valence-electron chi connectivity index (χ1n) is 9.53. The zero-order chi connectivity index (χ0) is 24.0. The fraction of sp³-hybridized carbons (Fsp3) is 0.0417. The maximum atomic E-state index is 12.9. The SMILES string of the molecule is Nc1ccccc1.O=C(O)c1cc(=O)c(O)c(C(=O)c2ccc(Cc3ccc(F)cc3)o2)o1. The molecule has 2 aromatic carbocycles. The Hall–Kier alpha value is -4.66. The highest BCUT2D eigenvalue weighted by Gasteiger charge is 2.25. The minimum absolute atomic E-state index is 0.247. The van der Waals surface area contributed by atoms with Gasteiger partial charge >= 0.3 is 5.97 Å². The molecular formula is C24H18FNO7. The van der Waals surface area contributed by atoms with Gasteiger partial charge in [-0.15, -0.1) is 0 Å². The molecule has 168 valence electrons. The Morgan fingerprint density at radius 3 is 2.15 bits per heavy atom. The van der Waals surface area contributed by atoms with Crippen molar-refractivity contribution in [3.8, 4) is 5.75 Å². The number of carbonyl (C=O) groups is 2. The molecular weight excluding hydrogens is 433 g/mol. The van der Waals surface area contributed by atoms with Crippen LogP contribution in [0.15, 0.2) is 86.4 Å². The van der Waals surface area contributed by atoms with Crippen molar-refractivity contribution in [3.05, 3.63) is 117 Å². The number of nitrogens with two attached hydrogens (primary N) is 1. The second-order valence-electron chi connectivity index (χ2n) is 6.77. The summed E-state index contributed by atoms with van der Waals surface area (Å²) in [6.07, 6.45) is 0.276. The van der Waals surface area contributed by atoms with Crippen LogP contribution in [0, 0.1) is 5.82 Å². The number of carboxylic acid groups (broad SMARTS) is 1. The number of benzene rings is 2. The molecule has 0 aliphatic rings. The number of carboxylic acids is 1. The summed E-state index contributed by atoms with van der Waals surface area (Å²) in [6.45, 7) is 0. The number of aromatic hydroxyl groups is 1. The Morgan fingerprint density at radius 1 is 0.909 bits per heavy atom. The predicted octanol–water partition coefficient (Wildman–Crippen LogP) is 3.87. The maximum absolute atomic E-state index is 12.9. The molecule has 4 N–H and O–H groups in total. The number of anilines is 1. The van der Waals surface area contributed by atoms with Crippen LogP contribution in [0.2, 0.25) is 0 Å². The second kappa shape index (κ2) is 10.1. The Labute approximate surface area is 186 Å². The molecule has 0 amide bonds. The number of rotatable bonds is 5. The summed E-state index contributed by atoms with van der Waals surface area (Å²) in [4.78, 5) is 34.9. The van der Waals surface area contributed by atoms with Gasteiger partial charge in [0.15, 0.2) is 5.76 Å². The molecule has 2 heterocycles. The molecule has 0 atom stereocenters. The van der Waals surface area contributed by atoms with Gasteiger partial charge in [-0.1, -0.05) is 30.3 Å². The third-order valence-corrected chi connectivity index (χ3v) is 4.32. The van der Waals surface area contributed by atoms with Crippen molar-refractivity contribution in [2.75, 3.05) is 5.73 Å². The van der Waals surface area contributed by atoms with Crippen LogP contribution in [0.4, 0.5) is 10.1 Å². The predicted molar refractivity (Wildman–Crippen MR) is 116 cm³/mol. The molecule has 0 fully saturated rings. The number of aromatic carboxylic acids is 1. The number of nitrogen functional groups attached to an aromatic ring is 1. The largest absolute Gasteiger partial charge is 0.501 e. The van der Waals surface area contributed by atoms with E-state index in [1.807, 2.05) is 30.3 Å². The van der Waals surface area contributed by atoms with E-state index in [2.05, 4.69) is 0 Å². The highest BCUT2D eigenvalue weighted by molar-refractivity contribution is 6.07. The highest BCUT2D eigenvalue weighted by atomic mass is 19.1. The van der Waals surface area contributed by atoms with Crippen molar-refractivity contribution in [1.29, 1.82) is 0 Å². The zero-order valence-electron chi connectivity index (χ0n) is 17.0. The summed E-state index contributed by atoms with van der Waals surface area (Å²) < 4.78 is 23.1. The van der Waals surface area contributed by atoms with Gasteiger partial charge in [0.2, 0.25) is 22.7 Å². The minimum Gasteiger partial charge on any atom is -0.501 e. The average molecular weight is 451 g/mol. The highest BCUT2D eigenvalue weighted by Crippen LogP contribution is 2.21. The Balaban J connectivity index is 0.000000374. The molecule has 2 aromatic heterocycles. The first-order valence-corrected chi connectivity index (χ1v) is 9.53. The molecule has 0 aliphatic heterocycles. The Bertz CT molecular complexity index is 1330. The number of furan rings is 1. The third kappa shape index (κ3) is 5.95. The topological polar surface area (TPSA) is 144 Å². The van der Waals surface area contributed by atoms with Crippen LogP contribution in [0.1, 0.15) is 38.2 Å². The van der Waals surface area contributed by atoms with Gasteiger partial charge in [0.25, 0.3) is 5.78 Å². The second-order valence-corrected chi connectivity index (χ2v) is 6.77. The van der Waals surface area contributed by atoms with Crippen LogP contribution in [-0.4, -0.2) is 22.0 Å². The lowest BCUT2D eigenvalue weighted by Crippen LogP contribution is -2.12. The summed E-state index contributed by atoms with van der Waals surface area (Å²) >= 11 is 0. The van der Waals surface area contributed by atoms with Gasteiger partial charge in [0.1, 0.15) is 11.6 Å². The first-order chi connectivity index (χ1) is 15.7. The standard InChI is InChI=1S/C18H11FO7.C6H7N/c19-10-3-1-9(2-4-10)7-11-5-6-13(25-11)16(22)17-15(21)12(20)8-14(26-17)18(23)24;7-6-4-2-1-3-5-6/h1-6,8,21H,7H2,(H,23,24);1-5H,7H2. The van der Waals surface area contributed by atoms with Crippen LogP contribution in [-0.2, 0) is 6.42 Å². The van der Waals surface area contributed by atoms with Crippen molar-refractivity contribution in [3.63, 3.8) is 0 Å². The Morgan fingerprint density at radius 2 is 1.58 bits per heavy atom. The van der Waals surface area contributed by atoms with Crippen molar-refractivity contribution in [2.45, 2.75) is 6.42 Å². The average Bonchev–Trinajstić information content (AvgIpc) is 3.26. The molecule has 0 aliphatic carbocycles. The van der Waals surface area contributed by atoms with Crippen molar-refractivity contribution < 1.29 is 33.0 Å². The lowest BCUT2D eigenvalue weighted by atomic mass is 10.1. The van der Waals surface area contributed by atoms with Crippen LogP contribution in [0.3, 0.4) is 0 Å². The summed E-state index contributed by atoms with van der Waals surface area (Å²) in [5.74, 6) is -5.41. The van der Waals surface area contributed by atoms with E-state index in [1.54, 1.807) is 12.1 Å². The molecule has 4 aromatic rings. The van der Waals surface area contributed by atoms with Crippen LogP contribution < -0.4 is 11.2 Å². The molecule has 0 radical (unpaired) electrons. The molecule has 33 heavy (non-hydrogen) atoms. The number of hydrogen-bond acceptors (Lipinski definition) is 7. The monoisotopic (exact) mass is 451 g/mol. The van der Waals surface area contributed by atoms with Crippen LogP contribution in [0.25, 0.3) is 0 Å². The van der Waals surface area contributed by atoms with Gasteiger partial charge in [0, 0.05) is 18.2 Å². The fourth-order valence-electron chi connectivity index (χ4n) is 2.71. The normalized spacial score (nSPS) is 10.2. The lowest BCUT2D eigenvalue weighted by molar-refractivity contribution is 0.0655. The zero-order valence-corrected chi connectivity index (χ0v) is 17.0. The molecule has 0 saturated carbocycles. The van der Waals surface area contributed by atoms with Crippen LogP contribution >= 0.6 is 0 Å². The van der Waals surface area contributed by atoms with E-state index >= 15 is 0 Å². The molecule has 0 saturated heterocycles. The van der Waals surface area contributed by atoms with E-state index in [0.29, 0.717) is 11.8 Å². The van der Waals surface area contributed by atoms with Crippen LogP contribution in [0.5, 0.6) is 5.75 Å². The number of ketones is 1. The van der Waals surface area contributed by atoms with E-state index in [1.165, 1.54) is 24.3 Å². The maximum Gasteiger partial charge on any atom is 0.371 e. The number of para-hydroxylation sites is 1. The van der Waals surface area contributed by atoms with Crippen molar-refractivity contribution in [2.24, 2.45) is 0 Å². The number of carbonyl (C=O) groups excluding carboxylic acids is 1. The third-order valence-electron chi connectivity index (χ3n) is 4.32. The summed E-state index contributed by atoms with van der Waals surface area (Å²) in [5, 5.41) is 18.6. The van der Waals surface area contributed by atoms with Gasteiger partial charge in [-0.25, -0.2) is 9.18 Å².